The highest BCUT2D eigenvalue weighted by Gasteiger charge is 2.21. The van der Waals surface area contributed by atoms with Crippen molar-refractivity contribution in [2.75, 3.05) is 12.8 Å². The van der Waals surface area contributed by atoms with Crippen LogP contribution in [0.15, 0.2) is 24.4 Å². The van der Waals surface area contributed by atoms with Crippen LogP contribution in [0.1, 0.15) is 16.1 Å². The van der Waals surface area contributed by atoms with Gasteiger partial charge in [-0.1, -0.05) is 11.6 Å². The number of halogens is 1. The van der Waals surface area contributed by atoms with Crippen molar-refractivity contribution in [3.63, 3.8) is 0 Å². The summed E-state index contributed by atoms with van der Waals surface area (Å²) in [7, 11) is 3.15. The minimum absolute atomic E-state index is 0.249. The lowest BCUT2D eigenvalue weighted by Gasteiger charge is -2.07. The number of ketones is 1. The fourth-order valence-corrected chi connectivity index (χ4v) is 1.87. The molecule has 0 atom stereocenters. The molecular weight excluding hydrogens is 254 g/mol. The average Bonchev–Trinajstić information content (AvgIpc) is 2.69. The lowest BCUT2D eigenvalue weighted by atomic mass is 10.1. The van der Waals surface area contributed by atoms with Gasteiger partial charge in [-0.3, -0.25) is 9.48 Å². The third-order valence-corrected chi connectivity index (χ3v) is 2.83. The number of aromatic nitrogens is 2. The lowest BCUT2D eigenvalue weighted by Crippen LogP contribution is -2.11. The van der Waals surface area contributed by atoms with Gasteiger partial charge in [0.05, 0.1) is 13.3 Å². The number of hydrogen-bond acceptors (Lipinski definition) is 4. The van der Waals surface area contributed by atoms with Crippen molar-refractivity contribution in [2.45, 2.75) is 0 Å². The van der Waals surface area contributed by atoms with Crippen molar-refractivity contribution >= 4 is 23.1 Å². The quantitative estimate of drug-likeness (QED) is 0.680. The van der Waals surface area contributed by atoms with Crippen LogP contribution in [0.25, 0.3) is 0 Å². The van der Waals surface area contributed by atoms with E-state index in [1.54, 1.807) is 19.2 Å². The SMILES string of the molecule is COc1cnn(C)c1C(=O)c1ccc(Cl)cc1N. The summed E-state index contributed by atoms with van der Waals surface area (Å²) in [6.07, 6.45) is 1.49. The first-order chi connectivity index (χ1) is 8.54. The molecule has 0 aliphatic rings. The number of aryl methyl sites for hydroxylation is 1. The first-order valence-electron chi connectivity index (χ1n) is 5.20. The van der Waals surface area contributed by atoms with Gasteiger partial charge < -0.3 is 10.5 Å². The predicted molar refractivity (Wildman–Crippen MR) is 69.1 cm³/mol. The molecule has 2 rings (SSSR count). The number of carbonyl (C=O) groups is 1. The Labute approximate surface area is 109 Å². The van der Waals surface area contributed by atoms with Crippen LogP contribution in [-0.2, 0) is 7.05 Å². The molecular formula is C12H12ClN3O2. The summed E-state index contributed by atoms with van der Waals surface area (Å²) < 4.78 is 6.55. The second-order valence-electron chi connectivity index (χ2n) is 3.75. The third kappa shape index (κ3) is 2.04. The number of nitrogen functional groups attached to an aromatic ring is 1. The Balaban J connectivity index is 2.51. The Morgan fingerprint density at radius 3 is 2.83 bits per heavy atom. The monoisotopic (exact) mass is 265 g/mol. The largest absolute Gasteiger partial charge is 0.493 e. The summed E-state index contributed by atoms with van der Waals surface area (Å²) in [6.45, 7) is 0. The summed E-state index contributed by atoms with van der Waals surface area (Å²) >= 11 is 5.80. The van der Waals surface area contributed by atoms with Gasteiger partial charge in [-0.2, -0.15) is 5.10 Å². The lowest BCUT2D eigenvalue weighted by molar-refractivity contribution is 0.102. The summed E-state index contributed by atoms with van der Waals surface area (Å²) in [4.78, 5) is 12.4. The van der Waals surface area contributed by atoms with E-state index in [4.69, 9.17) is 22.1 Å². The van der Waals surface area contributed by atoms with E-state index in [1.165, 1.54) is 24.1 Å². The zero-order valence-corrected chi connectivity index (χ0v) is 10.7. The Hall–Kier alpha value is -2.01. The average molecular weight is 266 g/mol. The molecule has 0 unspecified atom stereocenters. The standard InChI is InChI=1S/C12H12ClN3O2/c1-16-11(10(18-2)6-15-16)12(17)8-4-3-7(13)5-9(8)14/h3-6H,14H2,1-2H3. The van der Waals surface area contributed by atoms with Crippen molar-refractivity contribution in [1.82, 2.24) is 9.78 Å². The van der Waals surface area contributed by atoms with Gasteiger partial charge in [0.15, 0.2) is 11.4 Å². The van der Waals surface area contributed by atoms with Crippen molar-refractivity contribution in [3.05, 3.63) is 40.7 Å². The van der Waals surface area contributed by atoms with E-state index in [0.717, 1.165) is 0 Å². The molecule has 0 spiro atoms. The number of rotatable bonds is 3. The van der Waals surface area contributed by atoms with Gasteiger partial charge in [0, 0.05) is 23.3 Å². The number of methoxy groups -OCH3 is 1. The first-order valence-corrected chi connectivity index (χ1v) is 5.58. The smallest absolute Gasteiger partial charge is 0.216 e. The molecule has 0 aliphatic heterocycles. The Morgan fingerprint density at radius 1 is 1.50 bits per heavy atom. The molecule has 18 heavy (non-hydrogen) atoms. The second-order valence-corrected chi connectivity index (χ2v) is 4.18. The number of anilines is 1. The Bertz CT molecular complexity index is 607. The van der Waals surface area contributed by atoms with E-state index in [-0.39, 0.29) is 5.78 Å². The van der Waals surface area contributed by atoms with E-state index in [2.05, 4.69) is 5.10 Å². The zero-order valence-electron chi connectivity index (χ0n) is 9.98. The van der Waals surface area contributed by atoms with E-state index in [9.17, 15) is 4.79 Å². The Kier molecular flexibility index (Phi) is 3.25. The van der Waals surface area contributed by atoms with Gasteiger partial charge in [0.1, 0.15) is 0 Å². The normalized spacial score (nSPS) is 10.4. The van der Waals surface area contributed by atoms with E-state index < -0.39 is 0 Å². The van der Waals surface area contributed by atoms with Crippen LogP contribution < -0.4 is 10.5 Å². The van der Waals surface area contributed by atoms with E-state index in [1.807, 2.05) is 0 Å². The summed E-state index contributed by atoms with van der Waals surface area (Å²) in [5.74, 6) is 0.165. The number of nitrogens with two attached hydrogens (primary N) is 1. The Morgan fingerprint density at radius 2 is 2.22 bits per heavy atom. The molecule has 1 aromatic heterocycles. The molecule has 0 aliphatic carbocycles. The van der Waals surface area contributed by atoms with Crippen LogP contribution in [0, 0.1) is 0 Å². The minimum Gasteiger partial charge on any atom is -0.493 e. The minimum atomic E-state index is -0.249. The molecule has 0 amide bonds. The molecule has 5 nitrogen and oxygen atoms in total. The van der Waals surface area contributed by atoms with Crippen LogP contribution in [0.4, 0.5) is 5.69 Å². The molecule has 2 N–H and O–H groups in total. The molecule has 94 valence electrons. The topological polar surface area (TPSA) is 70.1 Å². The predicted octanol–water partition coefficient (Wildman–Crippen LogP) is 1.90. The third-order valence-electron chi connectivity index (χ3n) is 2.60. The molecule has 2 aromatic rings. The first kappa shape index (κ1) is 12.4. The summed E-state index contributed by atoms with van der Waals surface area (Å²) in [6, 6.07) is 4.75. The van der Waals surface area contributed by atoms with Crippen LogP contribution in [0.3, 0.4) is 0 Å². The van der Waals surface area contributed by atoms with Crippen molar-refractivity contribution in [2.24, 2.45) is 7.05 Å². The maximum Gasteiger partial charge on any atom is 0.216 e. The highest BCUT2D eigenvalue weighted by atomic mass is 35.5. The van der Waals surface area contributed by atoms with Gasteiger partial charge in [-0.05, 0) is 18.2 Å². The van der Waals surface area contributed by atoms with Crippen LogP contribution in [0.2, 0.25) is 5.02 Å². The molecule has 0 saturated carbocycles. The summed E-state index contributed by atoms with van der Waals surface area (Å²) in [5, 5.41) is 4.47. The van der Waals surface area contributed by atoms with Gasteiger partial charge >= 0.3 is 0 Å². The molecule has 1 aromatic carbocycles. The fraction of sp³-hybridized carbons (Fsp3) is 0.167. The maximum absolute atomic E-state index is 12.4. The van der Waals surface area contributed by atoms with Gasteiger partial charge in [0.2, 0.25) is 5.78 Å². The van der Waals surface area contributed by atoms with E-state index >= 15 is 0 Å². The number of ether oxygens (including phenoxy) is 1. The maximum atomic E-state index is 12.4. The highest BCUT2D eigenvalue weighted by Crippen LogP contribution is 2.25. The van der Waals surface area contributed by atoms with Crippen molar-refractivity contribution in [3.8, 4) is 5.75 Å². The van der Waals surface area contributed by atoms with Gasteiger partial charge in [-0.15, -0.1) is 0 Å². The molecule has 0 bridgehead atoms. The molecule has 0 radical (unpaired) electrons. The van der Waals surface area contributed by atoms with Gasteiger partial charge in [-0.25, -0.2) is 0 Å². The highest BCUT2D eigenvalue weighted by molar-refractivity contribution is 6.31. The van der Waals surface area contributed by atoms with E-state index in [0.29, 0.717) is 27.7 Å². The molecule has 6 heteroatoms. The molecule has 0 saturated heterocycles. The van der Waals surface area contributed by atoms with Crippen LogP contribution in [-0.4, -0.2) is 22.7 Å². The zero-order chi connectivity index (χ0) is 13.3. The number of carbonyl (C=O) groups excluding carboxylic acids is 1. The number of nitrogens with zero attached hydrogens (tertiary/aromatic N) is 2. The number of benzene rings is 1. The van der Waals surface area contributed by atoms with Gasteiger partial charge in [0.25, 0.3) is 0 Å². The van der Waals surface area contributed by atoms with Crippen molar-refractivity contribution in [1.29, 1.82) is 0 Å². The van der Waals surface area contributed by atoms with Crippen LogP contribution >= 0.6 is 11.6 Å². The van der Waals surface area contributed by atoms with Crippen molar-refractivity contribution < 1.29 is 9.53 Å². The molecule has 0 fully saturated rings. The van der Waals surface area contributed by atoms with Crippen LogP contribution in [0.5, 0.6) is 5.75 Å². The summed E-state index contributed by atoms with van der Waals surface area (Å²) in [5.41, 5.74) is 6.85. The number of hydrogen-bond donors (Lipinski definition) is 1. The fourth-order valence-electron chi connectivity index (χ4n) is 1.69. The second kappa shape index (κ2) is 4.70. The molecule has 1 heterocycles.